The molecule has 6 heteroatoms. The van der Waals surface area contributed by atoms with Gasteiger partial charge < -0.3 is 15.4 Å². The van der Waals surface area contributed by atoms with Gasteiger partial charge in [0.05, 0.1) is 22.7 Å². The molecule has 0 saturated carbocycles. The second-order valence-electron chi connectivity index (χ2n) is 4.44. The van der Waals surface area contributed by atoms with Crippen molar-refractivity contribution in [2.45, 2.75) is 25.5 Å². The van der Waals surface area contributed by atoms with Crippen LogP contribution < -0.4 is 5.73 Å². The number of carbonyl (C=O) groups is 1. The number of nitrogens with zero attached hydrogens (tertiary/aromatic N) is 2. The van der Waals surface area contributed by atoms with Crippen LogP contribution in [0.5, 0.6) is 0 Å². The Morgan fingerprint density at radius 3 is 2.94 bits per heavy atom. The maximum absolute atomic E-state index is 12.3. The summed E-state index contributed by atoms with van der Waals surface area (Å²) in [7, 11) is 1.77. The zero-order chi connectivity index (χ0) is 13.3. The van der Waals surface area contributed by atoms with Gasteiger partial charge in [-0.05, 0) is 19.4 Å². The molecule has 18 heavy (non-hydrogen) atoms. The molecule has 2 unspecified atom stereocenters. The van der Waals surface area contributed by atoms with Gasteiger partial charge in [0.1, 0.15) is 5.82 Å². The highest BCUT2D eigenvalue weighted by Crippen LogP contribution is 2.22. The highest BCUT2D eigenvalue weighted by molar-refractivity contribution is 6.33. The third-order valence-electron chi connectivity index (χ3n) is 3.27. The molecule has 2 atom stereocenters. The van der Waals surface area contributed by atoms with Crippen molar-refractivity contribution >= 4 is 23.3 Å². The van der Waals surface area contributed by atoms with Crippen LogP contribution in [0.25, 0.3) is 0 Å². The van der Waals surface area contributed by atoms with E-state index in [-0.39, 0.29) is 23.9 Å². The minimum Gasteiger partial charge on any atom is -0.382 e. The van der Waals surface area contributed by atoms with Gasteiger partial charge in [0.15, 0.2) is 0 Å². The van der Waals surface area contributed by atoms with Gasteiger partial charge in [-0.2, -0.15) is 0 Å². The predicted octanol–water partition coefficient (Wildman–Crippen LogP) is 1.57. The van der Waals surface area contributed by atoms with Crippen molar-refractivity contribution in [3.05, 3.63) is 22.8 Å². The van der Waals surface area contributed by atoms with Gasteiger partial charge in [0.25, 0.3) is 5.91 Å². The van der Waals surface area contributed by atoms with Crippen molar-refractivity contribution in [2.75, 3.05) is 19.4 Å². The Kier molecular flexibility index (Phi) is 3.73. The molecule has 5 nitrogen and oxygen atoms in total. The second-order valence-corrected chi connectivity index (χ2v) is 4.85. The molecular formula is C12H16ClN3O2. The summed E-state index contributed by atoms with van der Waals surface area (Å²) in [6.45, 7) is 2.65. The average Bonchev–Trinajstić information content (AvgIpc) is 2.77. The summed E-state index contributed by atoms with van der Waals surface area (Å²) in [6.07, 6.45) is 2.34. The molecule has 0 aromatic carbocycles. The van der Waals surface area contributed by atoms with E-state index in [1.54, 1.807) is 18.0 Å². The Hall–Kier alpha value is -1.33. The molecule has 1 amide bonds. The number of nitrogens with two attached hydrogens (primary N) is 1. The number of hydrogen-bond acceptors (Lipinski definition) is 4. The normalized spacial score (nSPS) is 23.1. The summed E-state index contributed by atoms with van der Waals surface area (Å²) in [4.78, 5) is 17.8. The van der Waals surface area contributed by atoms with E-state index in [9.17, 15) is 4.79 Å². The maximum Gasteiger partial charge on any atom is 0.255 e. The van der Waals surface area contributed by atoms with Crippen LogP contribution in [0.1, 0.15) is 23.7 Å². The number of pyridine rings is 1. The maximum atomic E-state index is 12.3. The Morgan fingerprint density at radius 2 is 2.39 bits per heavy atom. The van der Waals surface area contributed by atoms with Crippen LogP contribution in [0.4, 0.5) is 5.82 Å². The number of aromatic nitrogens is 1. The summed E-state index contributed by atoms with van der Waals surface area (Å²) in [5, 5.41) is 0.296. The molecule has 1 saturated heterocycles. The average molecular weight is 270 g/mol. The van der Waals surface area contributed by atoms with Crippen LogP contribution in [0.15, 0.2) is 12.3 Å². The predicted molar refractivity (Wildman–Crippen MR) is 69.6 cm³/mol. The van der Waals surface area contributed by atoms with E-state index in [4.69, 9.17) is 22.1 Å². The van der Waals surface area contributed by atoms with Crippen molar-refractivity contribution < 1.29 is 9.53 Å². The topological polar surface area (TPSA) is 68.5 Å². The lowest BCUT2D eigenvalue weighted by Crippen LogP contribution is -2.41. The standard InChI is InChI=1S/C12H16ClN3O2/c1-7-10(3-4-18-7)16(2)12(17)8-5-9(13)11(14)15-6-8/h5-7,10H,3-4H2,1-2H3,(H2,14,15). The first-order valence-electron chi connectivity index (χ1n) is 5.80. The first kappa shape index (κ1) is 13.1. The lowest BCUT2D eigenvalue weighted by atomic mass is 10.1. The number of anilines is 1. The van der Waals surface area contributed by atoms with Crippen molar-refractivity contribution in [3.63, 3.8) is 0 Å². The van der Waals surface area contributed by atoms with Crippen molar-refractivity contribution in [1.29, 1.82) is 0 Å². The van der Waals surface area contributed by atoms with Gasteiger partial charge in [-0.1, -0.05) is 11.6 Å². The van der Waals surface area contributed by atoms with Gasteiger partial charge in [0, 0.05) is 19.9 Å². The molecule has 0 aliphatic carbocycles. The van der Waals surface area contributed by atoms with Crippen LogP contribution in [-0.2, 0) is 4.74 Å². The summed E-state index contributed by atoms with van der Waals surface area (Å²) in [5.41, 5.74) is 5.96. The number of nitrogen functional groups attached to an aromatic ring is 1. The first-order chi connectivity index (χ1) is 8.50. The molecule has 0 radical (unpaired) electrons. The minimum absolute atomic E-state index is 0.0520. The molecule has 1 aromatic rings. The Bertz CT molecular complexity index is 467. The van der Waals surface area contributed by atoms with Crippen molar-refractivity contribution in [1.82, 2.24) is 9.88 Å². The largest absolute Gasteiger partial charge is 0.382 e. The molecular weight excluding hydrogens is 254 g/mol. The van der Waals surface area contributed by atoms with E-state index >= 15 is 0 Å². The zero-order valence-electron chi connectivity index (χ0n) is 10.4. The smallest absolute Gasteiger partial charge is 0.255 e. The summed E-state index contributed by atoms with van der Waals surface area (Å²) < 4.78 is 5.46. The number of carbonyl (C=O) groups excluding carboxylic acids is 1. The SMILES string of the molecule is CC1OCCC1N(C)C(=O)c1cnc(N)c(Cl)c1. The Balaban J connectivity index is 2.17. The van der Waals surface area contributed by atoms with Crippen molar-refractivity contribution in [3.8, 4) is 0 Å². The van der Waals surface area contributed by atoms with Crippen LogP contribution in [-0.4, -0.2) is 41.6 Å². The molecule has 2 rings (SSSR count). The van der Waals surface area contributed by atoms with E-state index in [1.807, 2.05) is 6.92 Å². The lowest BCUT2D eigenvalue weighted by Gasteiger charge is -2.26. The number of ether oxygens (including phenoxy) is 1. The van der Waals surface area contributed by atoms with Gasteiger partial charge in [-0.3, -0.25) is 4.79 Å². The van der Waals surface area contributed by atoms with Gasteiger partial charge in [0.2, 0.25) is 0 Å². The van der Waals surface area contributed by atoms with E-state index in [0.717, 1.165) is 6.42 Å². The number of rotatable bonds is 2. The van der Waals surface area contributed by atoms with Crippen LogP contribution >= 0.6 is 11.6 Å². The quantitative estimate of drug-likeness (QED) is 0.885. The third kappa shape index (κ3) is 2.42. The highest BCUT2D eigenvalue weighted by atomic mass is 35.5. The fourth-order valence-electron chi connectivity index (χ4n) is 2.15. The van der Waals surface area contributed by atoms with Crippen LogP contribution in [0.3, 0.4) is 0 Å². The first-order valence-corrected chi connectivity index (χ1v) is 6.18. The van der Waals surface area contributed by atoms with E-state index in [2.05, 4.69) is 4.98 Å². The fraction of sp³-hybridized carbons (Fsp3) is 0.500. The molecule has 1 fully saturated rings. The second kappa shape index (κ2) is 5.12. The number of halogens is 1. The van der Waals surface area contributed by atoms with E-state index in [0.29, 0.717) is 17.2 Å². The minimum atomic E-state index is -0.119. The fourth-order valence-corrected chi connectivity index (χ4v) is 2.32. The van der Waals surface area contributed by atoms with Crippen LogP contribution in [0, 0.1) is 0 Å². The van der Waals surface area contributed by atoms with Crippen LogP contribution in [0.2, 0.25) is 5.02 Å². The zero-order valence-corrected chi connectivity index (χ0v) is 11.1. The third-order valence-corrected chi connectivity index (χ3v) is 3.57. The Labute approximate surface area is 111 Å². The molecule has 2 heterocycles. The molecule has 98 valence electrons. The molecule has 0 bridgehead atoms. The number of amides is 1. The number of hydrogen-bond donors (Lipinski definition) is 1. The van der Waals surface area contributed by atoms with Crippen molar-refractivity contribution in [2.24, 2.45) is 0 Å². The number of likely N-dealkylation sites (N-methyl/N-ethyl adjacent to an activating group) is 1. The summed E-state index contributed by atoms with van der Waals surface area (Å²) in [6, 6.07) is 1.64. The molecule has 2 N–H and O–H groups in total. The summed E-state index contributed by atoms with van der Waals surface area (Å²) >= 11 is 5.87. The highest BCUT2D eigenvalue weighted by Gasteiger charge is 2.31. The Morgan fingerprint density at radius 1 is 1.67 bits per heavy atom. The monoisotopic (exact) mass is 269 g/mol. The molecule has 0 spiro atoms. The molecule has 1 aliphatic rings. The molecule has 1 aromatic heterocycles. The molecule has 1 aliphatic heterocycles. The van der Waals surface area contributed by atoms with E-state index in [1.165, 1.54) is 6.20 Å². The van der Waals surface area contributed by atoms with Gasteiger partial charge in [-0.25, -0.2) is 4.98 Å². The van der Waals surface area contributed by atoms with Gasteiger partial charge >= 0.3 is 0 Å². The lowest BCUT2D eigenvalue weighted by molar-refractivity contribution is 0.0574. The summed E-state index contributed by atoms with van der Waals surface area (Å²) in [5.74, 6) is 0.111. The van der Waals surface area contributed by atoms with Gasteiger partial charge in [-0.15, -0.1) is 0 Å². The van der Waals surface area contributed by atoms with E-state index < -0.39 is 0 Å².